The molecule has 0 saturated heterocycles. The number of nitriles is 1. The van der Waals surface area contributed by atoms with Crippen molar-refractivity contribution in [2.75, 3.05) is 11.4 Å². The van der Waals surface area contributed by atoms with E-state index in [-0.39, 0.29) is 18.0 Å². The third-order valence-electron chi connectivity index (χ3n) is 3.73. The van der Waals surface area contributed by atoms with Crippen molar-refractivity contribution in [1.29, 1.82) is 5.26 Å². The smallest absolute Gasteiger partial charge is 0.242 e. The summed E-state index contributed by atoms with van der Waals surface area (Å²) < 4.78 is 0. The van der Waals surface area contributed by atoms with Gasteiger partial charge < -0.3 is 10.2 Å². The van der Waals surface area contributed by atoms with Crippen molar-refractivity contribution >= 4 is 11.6 Å². The van der Waals surface area contributed by atoms with Gasteiger partial charge in [0.1, 0.15) is 6.04 Å². The summed E-state index contributed by atoms with van der Waals surface area (Å²) in [6, 6.07) is 11.9. The lowest BCUT2D eigenvalue weighted by Gasteiger charge is -2.31. The van der Waals surface area contributed by atoms with Crippen LogP contribution in [0.25, 0.3) is 0 Å². The van der Waals surface area contributed by atoms with E-state index in [2.05, 4.69) is 25.2 Å². The molecule has 0 bridgehead atoms. The maximum atomic E-state index is 12.4. The van der Waals surface area contributed by atoms with E-state index in [0.29, 0.717) is 13.0 Å². The fourth-order valence-electron chi connectivity index (χ4n) is 2.29. The molecular formula is C17H25N3O. The van der Waals surface area contributed by atoms with E-state index in [4.69, 9.17) is 5.26 Å². The Balaban J connectivity index is 2.83. The Morgan fingerprint density at radius 1 is 1.29 bits per heavy atom. The van der Waals surface area contributed by atoms with E-state index in [1.165, 1.54) is 0 Å². The number of rotatable bonds is 8. The second-order valence-corrected chi connectivity index (χ2v) is 5.14. The number of carbonyl (C=O) groups is 1. The van der Waals surface area contributed by atoms with Crippen molar-refractivity contribution in [2.45, 2.75) is 52.1 Å². The SMILES string of the molecule is CCC(CC)NC(=O)C(C)N(CCC#N)c1ccccc1. The summed E-state index contributed by atoms with van der Waals surface area (Å²) in [5.74, 6) is 0.0190. The number of nitrogens with one attached hydrogen (secondary N) is 1. The van der Waals surface area contributed by atoms with E-state index in [9.17, 15) is 4.79 Å². The number of nitrogens with zero attached hydrogens (tertiary/aromatic N) is 2. The van der Waals surface area contributed by atoms with Crippen LogP contribution in [0.5, 0.6) is 0 Å². The summed E-state index contributed by atoms with van der Waals surface area (Å²) in [4.78, 5) is 14.4. The van der Waals surface area contributed by atoms with E-state index in [1.54, 1.807) is 0 Å². The van der Waals surface area contributed by atoms with Crippen LogP contribution in [-0.4, -0.2) is 24.5 Å². The van der Waals surface area contributed by atoms with Crippen LogP contribution in [0.2, 0.25) is 0 Å². The molecule has 1 aromatic rings. The Labute approximate surface area is 127 Å². The molecule has 0 radical (unpaired) electrons. The van der Waals surface area contributed by atoms with E-state index >= 15 is 0 Å². The highest BCUT2D eigenvalue weighted by Crippen LogP contribution is 2.17. The van der Waals surface area contributed by atoms with Crippen molar-refractivity contribution in [3.8, 4) is 6.07 Å². The Kier molecular flexibility index (Phi) is 7.31. The van der Waals surface area contributed by atoms with Crippen LogP contribution in [-0.2, 0) is 4.79 Å². The van der Waals surface area contributed by atoms with Crippen LogP contribution in [0.4, 0.5) is 5.69 Å². The first kappa shape index (κ1) is 17.0. The van der Waals surface area contributed by atoms with E-state index in [0.717, 1.165) is 18.5 Å². The number of anilines is 1. The molecule has 1 amide bonds. The molecule has 21 heavy (non-hydrogen) atoms. The first-order valence-corrected chi connectivity index (χ1v) is 7.63. The average molecular weight is 287 g/mol. The molecule has 0 saturated carbocycles. The van der Waals surface area contributed by atoms with Crippen LogP contribution in [0.1, 0.15) is 40.0 Å². The fourth-order valence-corrected chi connectivity index (χ4v) is 2.29. The molecule has 1 unspecified atom stereocenters. The lowest BCUT2D eigenvalue weighted by molar-refractivity contribution is -0.122. The summed E-state index contributed by atoms with van der Waals surface area (Å²) in [5, 5.41) is 11.9. The van der Waals surface area contributed by atoms with Gasteiger partial charge in [0.25, 0.3) is 0 Å². The van der Waals surface area contributed by atoms with Gasteiger partial charge in [-0.05, 0) is 31.9 Å². The average Bonchev–Trinajstić information content (AvgIpc) is 2.53. The summed E-state index contributed by atoms with van der Waals surface area (Å²) in [6.45, 7) is 6.59. The molecule has 1 aromatic carbocycles. The molecule has 4 heteroatoms. The molecule has 0 spiro atoms. The van der Waals surface area contributed by atoms with Gasteiger partial charge in [0.2, 0.25) is 5.91 Å². The summed E-state index contributed by atoms with van der Waals surface area (Å²) in [6.07, 6.45) is 2.26. The quantitative estimate of drug-likeness (QED) is 0.799. The van der Waals surface area contributed by atoms with Gasteiger partial charge in [0, 0.05) is 18.3 Å². The van der Waals surface area contributed by atoms with Crippen LogP contribution in [0, 0.1) is 11.3 Å². The number of benzene rings is 1. The number of hydrogen-bond donors (Lipinski definition) is 1. The molecule has 0 fully saturated rings. The van der Waals surface area contributed by atoms with Crippen LogP contribution in [0.15, 0.2) is 30.3 Å². The minimum Gasteiger partial charge on any atom is -0.359 e. The van der Waals surface area contributed by atoms with Gasteiger partial charge in [0.15, 0.2) is 0 Å². The van der Waals surface area contributed by atoms with Gasteiger partial charge in [0.05, 0.1) is 12.5 Å². The summed E-state index contributed by atoms with van der Waals surface area (Å²) >= 11 is 0. The predicted molar refractivity (Wildman–Crippen MR) is 86.0 cm³/mol. The zero-order chi connectivity index (χ0) is 15.7. The van der Waals surface area contributed by atoms with Gasteiger partial charge in [-0.2, -0.15) is 5.26 Å². The third-order valence-corrected chi connectivity index (χ3v) is 3.73. The zero-order valence-electron chi connectivity index (χ0n) is 13.2. The third kappa shape index (κ3) is 5.11. The summed E-state index contributed by atoms with van der Waals surface area (Å²) in [7, 11) is 0. The number of hydrogen-bond acceptors (Lipinski definition) is 3. The summed E-state index contributed by atoms with van der Waals surface area (Å²) in [5.41, 5.74) is 0.972. The van der Waals surface area contributed by atoms with Crippen LogP contribution < -0.4 is 10.2 Å². The molecule has 4 nitrogen and oxygen atoms in total. The van der Waals surface area contributed by atoms with E-state index < -0.39 is 0 Å². The number of amides is 1. The Morgan fingerprint density at radius 3 is 2.43 bits per heavy atom. The van der Waals surface area contributed by atoms with Gasteiger partial charge in [-0.1, -0.05) is 32.0 Å². The molecule has 0 heterocycles. The molecule has 114 valence electrons. The lowest BCUT2D eigenvalue weighted by atomic mass is 10.1. The highest BCUT2D eigenvalue weighted by molar-refractivity contribution is 5.85. The molecule has 0 aliphatic carbocycles. The Bertz CT molecular complexity index is 463. The first-order chi connectivity index (χ1) is 10.1. The maximum absolute atomic E-state index is 12.4. The van der Waals surface area contributed by atoms with Gasteiger partial charge in [-0.15, -0.1) is 0 Å². The van der Waals surface area contributed by atoms with Gasteiger partial charge >= 0.3 is 0 Å². The fraction of sp³-hybridized carbons (Fsp3) is 0.529. The number of carbonyl (C=O) groups excluding carboxylic acids is 1. The molecule has 0 aliphatic heterocycles. The van der Waals surface area contributed by atoms with Crippen LogP contribution in [0.3, 0.4) is 0 Å². The van der Waals surface area contributed by atoms with Crippen molar-refractivity contribution in [2.24, 2.45) is 0 Å². The van der Waals surface area contributed by atoms with Crippen molar-refractivity contribution in [1.82, 2.24) is 5.32 Å². The molecule has 1 N–H and O–H groups in total. The number of para-hydroxylation sites is 1. The maximum Gasteiger partial charge on any atom is 0.242 e. The predicted octanol–water partition coefficient (Wildman–Crippen LogP) is 3.10. The monoisotopic (exact) mass is 287 g/mol. The Hall–Kier alpha value is -2.02. The molecule has 1 atom stereocenters. The first-order valence-electron chi connectivity index (χ1n) is 7.63. The van der Waals surface area contributed by atoms with Crippen molar-refractivity contribution in [3.05, 3.63) is 30.3 Å². The largest absolute Gasteiger partial charge is 0.359 e. The normalized spacial score (nSPS) is 11.8. The van der Waals surface area contributed by atoms with E-state index in [1.807, 2.05) is 42.2 Å². The van der Waals surface area contributed by atoms with Crippen molar-refractivity contribution < 1.29 is 4.79 Å². The van der Waals surface area contributed by atoms with Gasteiger partial charge in [-0.3, -0.25) is 4.79 Å². The minimum absolute atomic E-state index is 0.0190. The standard InChI is InChI=1S/C17H25N3O/c1-4-15(5-2)19-17(21)14(3)20(13-9-12-18)16-10-7-6-8-11-16/h6-8,10-11,14-15H,4-5,9,13H2,1-3H3,(H,19,21). The topological polar surface area (TPSA) is 56.1 Å². The minimum atomic E-state index is -0.290. The zero-order valence-corrected chi connectivity index (χ0v) is 13.2. The molecular weight excluding hydrogens is 262 g/mol. The Morgan fingerprint density at radius 2 is 1.90 bits per heavy atom. The van der Waals surface area contributed by atoms with Gasteiger partial charge in [-0.25, -0.2) is 0 Å². The second kappa shape index (κ2) is 9.02. The highest BCUT2D eigenvalue weighted by Gasteiger charge is 2.22. The second-order valence-electron chi connectivity index (χ2n) is 5.14. The molecule has 0 aliphatic rings. The highest BCUT2D eigenvalue weighted by atomic mass is 16.2. The van der Waals surface area contributed by atoms with Crippen molar-refractivity contribution in [3.63, 3.8) is 0 Å². The lowest BCUT2D eigenvalue weighted by Crippen LogP contribution is -2.48. The molecule has 0 aromatic heterocycles. The van der Waals surface area contributed by atoms with Crippen LogP contribution >= 0.6 is 0 Å². The molecule has 1 rings (SSSR count).